The summed E-state index contributed by atoms with van der Waals surface area (Å²) in [4.78, 5) is 0. The Morgan fingerprint density at radius 2 is 2.36 bits per heavy atom. The molecule has 0 amide bonds. The topological polar surface area (TPSA) is 9.23 Å². The predicted octanol–water partition coefficient (Wildman–Crippen LogP) is 3.05. The van der Waals surface area contributed by atoms with Crippen LogP contribution in [-0.2, 0) is 4.74 Å². The lowest BCUT2D eigenvalue weighted by Crippen LogP contribution is -2.15. The van der Waals surface area contributed by atoms with Crippen LogP contribution in [0.3, 0.4) is 0 Å². The fraction of sp³-hybridized carbons (Fsp3) is 1.00. The zero-order chi connectivity index (χ0) is 7.94. The van der Waals surface area contributed by atoms with Gasteiger partial charge < -0.3 is 4.74 Å². The first-order valence-corrected chi connectivity index (χ1v) is 5.71. The van der Waals surface area contributed by atoms with Gasteiger partial charge in [0.1, 0.15) is 5.44 Å². The lowest BCUT2D eigenvalue weighted by atomic mass is 10.2. The van der Waals surface area contributed by atoms with Crippen molar-refractivity contribution in [3.05, 3.63) is 0 Å². The first-order valence-electron chi connectivity index (χ1n) is 4.66. The van der Waals surface area contributed by atoms with Crippen molar-refractivity contribution in [2.24, 2.45) is 0 Å². The van der Waals surface area contributed by atoms with Crippen LogP contribution in [0.25, 0.3) is 0 Å². The van der Waals surface area contributed by atoms with Crippen molar-refractivity contribution in [2.45, 2.75) is 44.5 Å². The van der Waals surface area contributed by atoms with E-state index in [1.165, 1.54) is 37.9 Å². The molecule has 0 aromatic carbocycles. The van der Waals surface area contributed by atoms with Gasteiger partial charge in [-0.05, 0) is 31.4 Å². The molecule has 66 valence electrons. The summed E-state index contributed by atoms with van der Waals surface area (Å²) in [7, 11) is 0. The van der Waals surface area contributed by atoms with E-state index in [1.54, 1.807) is 0 Å². The molecule has 1 atom stereocenters. The summed E-state index contributed by atoms with van der Waals surface area (Å²) in [6, 6.07) is 0. The molecule has 1 unspecified atom stereocenters. The van der Waals surface area contributed by atoms with E-state index in [4.69, 9.17) is 4.74 Å². The fourth-order valence-electron chi connectivity index (χ4n) is 1.20. The van der Waals surface area contributed by atoms with Crippen molar-refractivity contribution >= 4 is 11.8 Å². The summed E-state index contributed by atoms with van der Waals surface area (Å²) >= 11 is 2.00. The zero-order valence-corrected chi connectivity index (χ0v) is 8.16. The molecule has 0 aromatic heterocycles. The van der Waals surface area contributed by atoms with Gasteiger partial charge in [0.2, 0.25) is 0 Å². The molecule has 0 aliphatic carbocycles. The molecule has 1 rings (SSSR count). The second-order valence-electron chi connectivity index (χ2n) is 3.02. The first-order chi connectivity index (χ1) is 5.43. The average Bonchev–Trinajstić information content (AvgIpc) is 2.07. The molecule has 0 spiro atoms. The SMILES string of the molecule is CCCCSC1CCCCO1. The minimum Gasteiger partial charge on any atom is -0.368 e. The van der Waals surface area contributed by atoms with Crippen LogP contribution < -0.4 is 0 Å². The average molecular weight is 174 g/mol. The van der Waals surface area contributed by atoms with Gasteiger partial charge in [-0.1, -0.05) is 13.3 Å². The summed E-state index contributed by atoms with van der Waals surface area (Å²) in [5, 5.41) is 0. The van der Waals surface area contributed by atoms with Crippen molar-refractivity contribution < 1.29 is 4.74 Å². The van der Waals surface area contributed by atoms with Gasteiger partial charge in [-0.3, -0.25) is 0 Å². The van der Waals surface area contributed by atoms with Crippen LogP contribution in [0.4, 0.5) is 0 Å². The largest absolute Gasteiger partial charge is 0.368 e. The lowest BCUT2D eigenvalue weighted by molar-refractivity contribution is 0.0728. The second kappa shape index (κ2) is 5.90. The van der Waals surface area contributed by atoms with Crippen molar-refractivity contribution in [3.8, 4) is 0 Å². The van der Waals surface area contributed by atoms with E-state index in [-0.39, 0.29) is 0 Å². The Morgan fingerprint density at radius 3 is 3.00 bits per heavy atom. The highest BCUT2D eigenvalue weighted by Crippen LogP contribution is 2.23. The Balaban J connectivity index is 1.96. The Labute approximate surface area is 73.9 Å². The van der Waals surface area contributed by atoms with E-state index in [0.29, 0.717) is 5.44 Å². The molecule has 1 saturated heterocycles. The van der Waals surface area contributed by atoms with Crippen LogP contribution in [0.5, 0.6) is 0 Å². The highest BCUT2D eigenvalue weighted by atomic mass is 32.2. The Bertz CT molecular complexity index is 89.6. The standard InChI is InChI=1S/C9H18OS/c1-2-3-8-11-9-6-4-5-7-10-9/h9H,2-8H2,1H3. The highest BCUT2D eigenvalue weighted by Gasteiger charge is 2.12. The molecule has 1 heterocycles. The predicted molar refractivity (Wildman–Crippen MR) is 51.0 cm³/mol. The van der Waals surface area contributed by atoms with E-state index in [0.717, 1.165) is 6.61 Å². The maximum atomic E-state index is 5.59. The molecular weight excluding hydrogens is 156 g/mol. The molecule has 1 aliphatic rings. The number of hydrogen-bond acceptors (Lipinski definition) is 2. The van der Waals surface area contributed by atoms with Crippen molar-refractivity contribution in [3.63, 3.8) is 0 Å². The van der Waals surface area contributed by atoms with Crippen LogP contribution >= 0.6 is 11.8 Å². The molecular formula is C9H18OS. The van der Waals surface area contributed by atoms with Crippen LogP contribution in [0, 0.1) is 0 Å². The number of ether oxygens (including phenoxy) is 1. The Morgan fingerprint density at radius 1 is 1.45 bits per heavy atom. The summed E-state index contributed by atoms with van der Waals surface area (Å²) in [5.74, 6) is 1.28. The monoisotopic (exact) mass is 174 g/mol. The summed E-state index contributed by atoms with van der Waals surface area (Å²) in [6.07, 6.45) is 6.55. The summed E-state index contributed by atoms with van der Waals surface area (Å²) < 4.78 is 5.59. The van der Waals surface area contributed by atoms with Gasteiger partial charge in [-0.2, -0.15) is 0 Å². The molecule has 1 aliphatic heterocycles. The van der Waals surface area contributed by atoms with Crippen LogP contribution in [0.2, 0.25) is 0 Å². The molecule has 0 aromatic rings. The fourth-order valence-corrected chi connectivity index (χ4v) is 2.45. The molecule has 0 N–H and O–H groups in total. The van der Waals surface area contributed by atoms with Gasteiger partial charge in [-0.15, -0.1) is 11.8 Å². The van der Waals surface area contributed by atoms with Gasteiger partial charge in [0.15, 0.2) is 0 Å². The van der Waals surface area contributed by atoms with Crippen molar-refractivity contribution in [1.82, 2.24) is 0 Å². The second-order valence-corrected chi connectivity index (χ2v) is 4.29. The summed E-state index contributed by atoms with van der Waals surface area (Å²) in [5.41, 5.74) is 0.523. The van der Waals surface area contributed by atoms with Gasteiger partial charge >= 0.3 is 0 Å². The minimum absolute atomic E-state index is 0.523. The van der Waals surface area contributed by atoms with Crippen LogP contribution in [0.15, 0.2) is 0 Å². The summed E-state index contributed by atoms with van der Waals surface area (Å²) in [6.45, 7) is 3.23. The first kappa shape index (κ1) is 9.40. The molecule has 1 fully saturated rings. The number of unbranched alkanes of at least 4 members (excludes halogenated alkanes) is 1. The molecule has 0 radical (unpaired) electrons. The molecule has 0 saturated carbocycles. The van der Waals surface area contributed by atoms with E-state index in [1.807, 2.05) is 11.8 Å². The van der Waals surface area contributed by atoms with E-state index in [2.05, 4.69) is 6.92 Å². The Kier molecular flexibility index (Phi) is 5.04. The van der Waals surface area contributed by atoms with E-state index >= 15 is 0 Å². The van der Waals surface area contributed by atoms with Gasteiger partial charge in [0, 0.05) is 6.61 Å². The highest BCUT2D eigenvalue weighted by molar-refractivity contribution is 7.99. The minimum atomic E-state index is 0.523. The van der Waals surface area contributed by atoms with Crippen molar-refractivity contribution in [1.29, 1.82) is 0 Å². The third-order valence-electron chi connectivity index (χ3n) is 1.94. The Hall–Kier alpha value is 0.310. The number of rotatable bonds is 4. The van der Waals surface area contributed by atoms with Crippen LogP contribution in [0.1, 0.15) is 39.0 Å². The quantitative estimate of drug-likeness (QED) is 0.606. The smallest absolute Gasteiger partial charge is 0.103 e. The normalized spacial score (nSPS) is 25.4. The van der Waals surface area contributed by atoms with E-state index < -0.39 is 0 Å². The number of hydrogen-bond donors (Lipinski definition) is 0. The molecule has 2 heteroatoms. The molecule has 1 nitrogen and oxygen atoms in total. The zero-order valence-electron chi connectivity index (χ0n) is 7.34. The maximum absolute atomic E-state index is 5.59. The van der Waals surface area contributed by atoms with Gasteiger partial charge in [0.25, 0.3) is 0 Å². The number of thioether (sulfide) groups is 1. The maximum Gasteiger partial charge on any atom is 0.103 e. The molecule has 0 bridgehead atoms. The van der Waals surface area contributed by atoms with Crippen molar-refractivity contribution in [2.75, 3.05) is 12.4 Å². The van der Waals surface area contributed by atoms with Gasteiger partial charge in [-0.25, -0.2) is 0 Å². The third-order valence-corrected chi connectivity index (χ3v) is 3.21. The van der Waals surface area contributed by atoms with Crippen LogP contribution in [-0.4, -0.2) is 17.8 Å². The van der Waals surface area contributed by atoms with E-state index in [9.17, 15) is 0 Å². The molecule has 11 heavy (non-hydrogen) atoms. The lowest BCUT2D eigenvalue weighted by Gasteiger charge is -2.21. The van der Waals surface area contributed by atoms with Gasteiger partial charge in [0.05, 0.1) is 0 Å². The third kappa shape index (κ3) is 4.02.